The maximum atomic E-state index is 12.3. The van der Waals surface area contributed by atoms with Crippen molar-refractivity contribution in [3.63, 3.8) is 0 Å². The minimum absolute atomic E-state index is 0.184. The van der Waals surface area contributed by atoms with Crippen LogP contribution in [-0.4, -0.2) is 19.9 Å². The lowest BCUT2D eigenvalue weighted by Crippen LogP contribution is -2.25. The molecule has 114 valence electrons. The van der Waals surface area contributed by atoms with Crippen LogP contribution in [0.5, 0.6) is 0 Å². The van der Waals surface area contributed by atoms with Crippen molar-refractivity contribution in [2.75, 3.05) is 6.54 Å². The highest BCUT2D eigenvalue weighted by atomic mass is 32.2. The molecule has 0 aliphatic carbocycles. The number of aryl methyl sites for hydroxylation is 1. The number of aromatic nitrogens is 1. The van der Waals surface area contributed by atoms with E-state index < -0.39 is 10.0 Å². The van der Waals surface area contributed by atoms with Crippen molar-refractivity contribution in [2.24, 2.45) is 0 Å². The van der Waals surface area contributed by atoms with Crippen LogP contribution in [0.25, 0.3) is 11.1 Å². The average molecular weight is 316 g/mol. The SMILES string of the molecule is Cc1nc2ccc(S(=O)(=O)NCCc3ccccc3)cc2o1. The zero-order valence-electron chi connectivity index (χ0n) is 12.1. The van der Waals surface area contributed by atoms with E-state index in [2.05, 4.69) is 9.71 Å². The Morgan fingerprint density at radius 1 is 1.14 bits per heavy atom. The number of hydrogen-bond donors (Lipinski definition) is 1. The van der Waals surface area contributed by atoms with Gasteiger partial charge in [-0.15, -0.1) is 0 Å². The standard InChI is InChI=1S/C16H16N2O3S/c1-12-18-15-8-7-14(11-16(15)21-12)22(19,20)17-10-9-13-5-3-2-4-6-13/h2-8,11,17H,9-10H2,1H3. The zero-order valence-corrected chi connectivity index (χ0v) is 12.9. The third-order valence-electron chi connectivity index (χ3n) is 3.33. The summed E-state index contributed by atoms with van der Waals surface area (Å²) in [6, 6.07) is 14.4. The van der Waals surface area contributed by atoms with Crippen molar-refractivity contribution in [3.05, 3.63) is 60.0 Å². The Labute approximate surface area is 129 Å². The molecule has 1 N–H and O–H groups in total. The normalized spacial score (nSPS) is 11.9. The van der Waals surface area contributed by atoms with Gasteiger partial charge in [0, 0.05) is 19.5 Å². The molecule has 1 heterocycles. The number of fused-ring (bicyclic) bond motifs is 1. The molecule has 0 amide bonds. The highest BCUT2D eigenvalue weighted by Gasteiger charge is 2.15. The molecule has 0 aliphatic heterocycles. The molecule has 3 rings (SSSR count). The number of hydrogen-bond acceptors (Lipinski definition) is 4. The van der Waals surface area contributed by atoms with Crippen LogP contribution in [-0.2, 0) is 16.4 Å². The van der Waals surface area contributed by atoms with Crippen molar-refractivity contribution in [3.8, 4) is 0 Å². The first-order valence-corrected chi connectivity index (χ1v) is 8.44. The van der Waals surface area contributed by atoms with Crippen LogP contribution in [0.15, 0.2) is 57.8 Å². The molecule has 0 fully saturated rings. The van der Waals surface area contributed by atoms with Crippen molar-refractivity contribution in [2.45, 2.75) is 18.2 Å². The highest BCUT2D eigenvalue weighted by Crippen LogP contribution is 2.19. The molecular formula is C16H16N2O3S. The van der Waals surface area contributed by atoms with Crippen LogP contribution in [0.1, 0.15) is 11.5 Å². The van der Waals surface area contributed by atoms with E-state index >= 15 is 0 Å². The highest BCUT2D eigenvalue weighted by molar-refractivity contribution is 7.89. The molecule has 0 unspecified atom stereocenters. The summed E-state index contributed by atoms with van der Waals surface area (Å²) in [5.41, 5.74) is 2.22. The Morgan fingerprint density at radius 3 is 2.68 bits per heavy atom. The fraction of sp³-hybridized carbons (Fsp3) is 0.188. The Morgan fingerprint density at radius 2 is 1.91 bits per heavy atom. The number of rotatable bonds is 5. The molecule has 0 atom stereocenters. The summed E-state index contributed by atoms with van der Waals surface area (Å²) in [5, 5.41) is 0. The van der Waals surface area contributed by atoms with Gasteiger partial charge in [-0.25, -0.2) is 18.1 Å². The van der Waals surface area contributed by atoms with Crippen molar-refractivity contribution in [1.82, 2.24) is 9.71 Å². The van der Waals surface area contributed by atoms with Gasteiger partial charge < -0.3 is 4.42 Å². The first kappa shape index (κ1) is 14.7. The topological polar surface area (TPSA) is 72.2 Å². The summed E-state index contributed by atoms with van der Waals surface area (Å²) < 4.78 is 32.6. The van der Waals surface area contributed by atoms with Gasteiger partial charge in [-0.2, -0.15) is 0 Å². The third-order valence-corrected chi connectivity index (χ3v) is 4.78. The summed E-state index contributed by atoms with van der Waals surface area (Å²) in [6.07, 6.45) is 0.643. The van der Waals surface area contributed by atoms with E-state index in [1.807, 2.05) is 30.3 Å². The molecule has 0 radical (unpaired) electrons. The molecule has 6 heteroatoms. The second-order valence-electron chi connectivity index (χ2n) is 5.00. The summed E-state index contributed by atoms with van der Waals surface area (Å²) in [4.78, 5) is 4.34. The lowest BCUT2D eigenvalue weighted by atomic mass is 10.2. The predicted octanol–water partition coefficient (Wildman–Crippen LogP) is 2.66. The van der Waals surface area contributed by atoms with Gasteiger partial charge in [0.05, 0.1) is 4.90 Å². The fourth-order valence-electron chi connectivity index (χ4n) is 2.25. The second kappa shape index (κ2) is 5.90. The van der Waals surface area contributed by atoms with Crippen LogP contribution < -0.4 is 4.72 Å². The van der Waals surface area contributed by atoms with E-state index in [-0.39, 0.29) is 4.90 Å². The van der Waals surface area contributed by atoms with Crippen LogP contribution in [0.2, 0.25) is 0 Å². The maximum absolute atomic E-state index is 12.3. The smallest absolute Gasteiger partial charge is 0.240 e. The van der Waals surface area contributed by atoms with Gasteiger partial charge >= 0.3 is 0 Å². The molecule has 22 heavy (non-hydrogen) atoms. The molecule has 2 aromatic carbocycles. The third kappa shape index (κ3) is 3.18. The average Bonchev–Trinajstić information content (AvgIpc) is 2.87. The number of nitrogens with one attached hydrogen (secondary N) is 1. The number of oxazole rings is 1. The van der Waals surface area contributed by atoms with Gasteiger partial charge in [-0.3, -0.25) is 0 Å². The molecule has 5 nitrogen and oxygen atoms in total. The first-order chi connectivity index (χ1) is 10.5. The van der Waals surface area contributed by atoms with Crippen LogP contribution in [0.4, 0.5) is 0 Å². The second-order valence-corrected chi connectivity index (χ2v) is 6.76. The Balaban J connectivity index is 1.73. The van der Waals surface area contributed by atoms with E-state index in [0.717, 1.165) is 5.56 Å². The van der Waals surface area contributed by atoms with Gasteiger partial charge in [0.15, 0.2) is 11.5 Å². The van der Waals surface area contributed by atoms with Crippen molar-refractivity contribution in [1.29, 1.82) is 0 Å². The Kier molecular flexibility index (Phi) is 3.96. The largest absolute Gasteiger partial charge is 0.441 e. The maximum Gasteiger partial charge on any atom is 0.240 e. The van der Waals surface area contributed by atoms with Crippen molar-refractivity contribution >= 4 is 21.1 Å². The van der Waals surface area contributed by atoms with Crippen LogP contribution >= 0.6 is 0 Å². The molecular weight excluding hydrogens is 300 g/mol. The predicted molar refractivity (Wildman–Crippen MR) is 84.1 cm³/mol. The summed E-state index contributed by atoms with van der Waals surface area (Å²) >= 11 is 0. The van der Waals surface area contributed by atoms with E-state index in [0.29, 0.717) is 30.0 Å². The van der Waals surface area contributed by atoms with Crippen LogP contribution in [0.3, 0.4) is 0 Å². The Hall–Kier alpha value is -2.18. The Bertz CT molecular complexity index is 886. The fourth-order valence-corrected chi connectivity index (χ4v) is 3.29. The van der Waals surface area contributed by atoms with Gasteiger partial charge in [-0.1, -0.05) is 30.3 Å². The van der Waals surface area contributed by atoms with Gasteiger partial charge in [-0.05, 0) is 24.1 Å². The first-order valence-electron chi connectivity index (χ1n) is 6.95. The van der Waals surface area contributed by atoms with Crippen LogP contribution in [0, 0.1) is 6.92 Å². The van der Waals surface area contributed by atoms with Gasteiger partial charge in [0.25, 0.3) is 0 Å². The number of sulfonamides is 1. The monoisotopic (exact) mass is 316 g/mol. The molecule has 0 saturated carbocycles. The van der Waals surface area contributed by atoms with E-state index in [1.54, 1.807) is 13.0 Å². The van der Waals surface area contributed by atoms with Gasteiger partial charge in [0.1, 0.15) is 5.52 Å². The molecule has 3 aromatic rings. The summed E-state index contributed by atoms with van der Waals surface area (Å²) in [6.45, 7) is 2.08. The van der Waals surface area contributed by atoms with E-state index in [9.17, 15) is 8.42 Å². The van der Waals surface area contributed by atoms with E-state index in [1.165, 1.54) is 12.1 Å². The molecule has 1 aromatic heterocycles. The molecule has 0 saturated heterocycles. The number of nitrogens with zero attached hydrogens (tertiary/aromatic N) is 1. The quantitative estimate of drug-likeness (QED) is 0.785. The lowest BCUT2D eigenvalue weighted by molar-refractivity contribution is 0.558. The van der Waals surface area contributed by atoms with Gasteiger partial charge in [0.2, 0.25) is 10.0 Å². The lowest BCUT2D eigenvalue weighted by Gasteiger charge is -2.06. The minimum atomic E-state index is -3.55. The summed E-state index contributed by atoms with van der Waals surface area (Å²) in [7, 11) is -3.55. The molecule has 0 bridgehead atoms. The zero-order chi connectivity index (χ0) is 15.6. The molecule has 0 aliphatic rings. The van der Waals surface area contributed by atoms with Crippen molar-refractivity contribution < 1.29 is 12.8 Å². The molecule has 0 spiro atoms. The van der Waals surface area contributed by atoms with E-state index in [4.69, 9.17) is 4.42 Å². The minimum Gasteiger partial charge on any atom is -0.441 e. The number of benzene rings is 2. The summed E-state index contributed by atoms with van der Waals surface area (Å²) in [5.74, 6) is 0.515.